The lowest BCUT2D eigenvalue weighted by Crippen LogP contribution is -2.44. The van der Waals surface area contributed by atoms with E-state index >= 15 is 0 Å². The molecule has 34 heavy (non-hydrogen) atoms. The standard InChI is InChI=1S/C24H35N3O6S/c1-23(2,3)19-14-18(17-9-8-10-25-21(17)28)16(13-20(19)32-7)15-26-11-12-27(34(26,30)31)22(29)33-24(4,5)6/h8-10,13-14,22,29H,11-12,15H2,1-7H3,(H,25,28). The molecule has 0 radical (unpaired) electrons. The van der Waals surface area contributed by atoms with E-state index < -0.39 is 22.2 Å². The number of nitrogens with zero attached hydrogens (tertiary/aromatic N) is 2. The number of aliphatic hydroxyl groups is 1. The first-order chi connectivity index (χ1) is 15.6. The predicted molar refractivity (Wildman–Crippen MR) is 131 cm³/mol. The number of aromatic amines is 1. The fraction of sp³-hybridized carbons (Fsp3) is 0.542. The molecule has 2 heterocycles. The molecule has 1 atom stereocenters. The minimum atomic E-state index is -4.00. The van der Waals surface area contributed by atoms with Crippen LogP contribution in [-0.4, -0.2) is 59.3 Å². The van der Waals surface area contributed by atoms with E-state index in [4.69, 9.17) is 9.47 Å². The van der Waals surface area contributed by atoms with E-state index in [1.165, 1.54) is 4.31 Å². The molecular weight excluding hydrogens is 458 g/mol. The highest BCUT2D eigenvalue weighted by molar-refractivity contribution is 7.87. The molecule has 9 nitrogen and oxygen atoms in total. The third kappa shape index (κ3) is 5.52. The number of ether oxygens (including phenoxy) is 2. The van der Waals surface area contributed by atoms with Crippen molar-refractivity contribution in [1.82, 2.24) is 13.6 Å². The van der Waals surface area contributed by atoms with Gasteiger partial charge in [-0.1, -0.05) is 20.8 Å². The molecule has 1 aromatic heterocycles. The van der Waals surface area contributed by atoms with Gasteiger partial charge in [0.25, 0.3) is 15.8 Å². The fourth-order valence-corrected chi connectivity index (χ4v) is 5.43. The molecule has 2 N–H and O–H groups in total. The Balaban J connectivity index is 2.06. The van der Waals surface area contributed by atoms with Gasteiger partial charge in [0.2, 0.25) is 6.41 Å². The lowest BCUT2D eigenvalue weighted by Gasteiger charge is -2.29. The quantitative estimate of drug-likeness (QED) is 0.599. The molecule has 0 saturated carbocycles. The van der Waals surface area contributed by atoms with Crippen LogP contribution in [0.5, 0.6) is 5.75 Å². The van der Waals surface area contributed by atoms with Gasteiger partial charge >= 0.3 is 0 Å². The first-order valence-electron chi connectivity index (χ1n) is 11.2. The SMILES string of the molecule is COc1cc(CN2CCN(C(O)OC(C)(C)C)S2(=O)=O)c(-c2ccc[nH]c2=O)cc1C(C)(C)C. The average Bonchev–Trinajstić information content (AvgIpc) is 3.00. The van der Waals surface area contributed by atoms with Crippen LogP contribution in [-0.2, 0) is 26.9 Å². The van der Waals surface area contributed by atoms with Crippen LogP contribution in [0.3, 0.4) is 0 Å². The number of nitrogens with one attached hydrogen (secondary N) is 1. The van der Waals surface area contributed by atoms with E-state index in [2.05, 4.69) is 4.98 Å². The maximum atomic E-state index is 13.2. The van der Waals surface area contributed by atoms with E-state index in [0.29, 0.717) is 22.4 Å². The molecule has 0 spiro atoms. The zero-order valence-electron chi connectivity index (χ0n) is 20.9. The first-order valence-corrected chi connectivity index (χ1v) is 12.6. The smallest absolute Gasteiger partial charge is 0.286 e. The fourth-order valence-electron chi connectivity index (χ4n) is 3.93. The number of aliphatic hydroxyl groups excluding tert-OH is 1. The molecular formula is C24H35N3O6S. The molecule has 0 aliphatic carbocycles. The van der Waals surface area contributed by atoms with Crippen molar-refractivity contribution in [3.05, 3.63) is 51.9 Å². The van der Waals surface area contributed by atoms with Gasteiger partial charge in [-0.2, -0.15) is 12.7 Å². The van der Waals surface area contributed by atoms with Gasteiger partial charge in [-0.05, 0) is 61.6 Å². The molecule has 1 fully saturated rings. The van der Waals surface area contributed by atoms with Gasteiger partial charge in [0, 0.05) is 37.0 Å². The summed E-state index contributed by atoms with van der Waals surface area (Å²) >= 11 is 0. The molecule has 3 rings (SSSR count). The summed E-state index contributed by atoms with van der Waals surface area (Å²) in [6.45, 7) is 11.6. The second-order valence-electron chi connectivity index (χ2n) is 10.4. The number of benzene rings is 1. The molecule has 1 unspecified atom stereocenters. The van der Waals surface area contributed by atoms with Gasteiger partial charge in [-0.25, -0.2) is 0 Å². The Labute approximate surface area is 201 Å². The summed E-state index contributed by atoms with van der Waals surface area (Å²) < 4.78 is 39.8. The Morgan fingerprint density at radius 1 is 1.12 bits per heavy atom. The van der Waals surface area contributed by atoms with Gasteiger partial charge in [0.05, 0.1) is 12.7 Å². The zero-order valence-corrected chi connectivity index (χ0v) is 21.7. The lowest BCUT2D eigenvalue weighted by molar-refractivity contribution is -0.212. The normalized spacial score (nSPS) is 18.2. The molecule has 2 aromatic rings. The first kappa shape index (κ1) is 26.4. The van der Waals surface area contributed by atoms with Crippen molar-refractivity contribution in [1.29, 1.82) is 0 Å². The van der Waals surface area contributed by atoms with Crippen molar-refractivity contribution >= 4 is 10.2 Å². The van der Waals surface area contributed by atoms with Crippen molar-refractivity contribution in [3.63, 3.8) is 0 Å². The van der Waals surface area contributed by atoms with E-state index in [0.717, 1.165) is 9.87 Å². The summed E-state index contributed by atoms with van der Waals surface area (Å²) in [5.74, 6) is 0.614. The Hall–Kier alpha value is -2.24. The monoisotopic (exact) mass is 493 g/mol. The predicted octanol–water partition coefficient (Wildman–Crippen LogP) is 2.80. The Morgan fingerprint density at radius 2 is 1.79 bits per heavy atom. The minimum absolute atomic E-state index is 0.00548. The van der Waals surface area contributed by atoms with Gasteiger partial charge in [-0.15, -0.1) is 4.31 Å². The summed E-state index contributed by atoms with van der Waals surface area (Å²) in [6.07, 6.45) is -0.0386. The van der Waals surface area contributed by atoms with Gasteiger partial charge in [0.1, 0.15) is 5.75 Å². The average molecular weight is 494 g/mol. The molecule has 0 amide bonds. The number of rotatable bonds is 6. The van der Waals surface area contributed by atoms with Gasteiger partial charge < -0.3 is 19.6 Å². The Morgan fingerprint density at radius 3 is 2.35 bits per heavy atom. The third-order valence-electron chi connectivity index (χ3n) is 5.59. The van der Waals surface area contributed by atoms with Crippen LogP contribution in [0.4, 0.5) is 0 Å². The summed E-state index contributed by atoms with van der Waals surface area (Å²) in [5, 5.41) is 10.4. The number of methoxy groups -OCH3 is 1. The number of aromatic nitrogens is 1. The topological polar surface area (TPSA) is 112 Å². The highest BCUT2D eigenvalue weighted by Gasteiger charge is 2.42. The van der Waals surface area contributed by atoms with E-state index in [9.17, 15) is 18.3 Å². The largest absolute Gasteiger partial charge is 0.496 e. The van der Waals surface area contributed by atoms with Crippen molar-refractivity contribution in [3.8, 4) is 16.9 Å². The van der Waals surface area contributed by atoms with E-state index in [-0.39, 0.29) is 30.6 Å². The molecule has 188 valence electrons. The van der Waals surface area contributed by atoms with Crippen LogP contribution < -0.4 is 10.3 Å². The highest BCUT2D eigenvalue weighted by Crippen LogP contribution is 2.38. The van der Waals surface area contributed by atoms with Crippen molar-refractivity contribution in [2.75, 3.05) is 20.2 Å². The third-order valence-corrected chi connectivity index (χ3v) is 7.51. The number of hydrogen-bond acceptors (Lipinski definition) is 6. The maximum Gasteiger partial charge on any atom is 0.286 e. The minimum Gasteiger partial charge on any atom is -0.496 e. The van der Waals surface area contributed by atoms with E-state index in [1.54, 1.807) is 52.3 Å². The summed E-state index contributed by atoms with van der Waals surface area (Å²) in [7, 11) is -2.43. The van der Waals surface area contributed by atoms with Crippen LogP contribution in [0.2, 0.25) is 0 Å². The van der Waals surface area contributed by atoms with Gasteiger partial charge in [-0.3, -0.25) is 4.79 Å². The second kappa shape index (κ2) is 9.43. The molecule has 1 aliphatic rings. The highest BCUT2D eigenvalue weighted by atomic mass is 32.2. The second-order valence-corrected chi connectivity index (χ2v) is 12.3. The molecule has 1 aromatic carbocycles. The van der Waals surface area contributed by atoms with Crippen LogP contribution in [0, 0.1) is 0 Å². The Bertz CT molecular complexity index is 1190. The maximum absolute atomic E-state index is 13.2. The van der Waals surface area contributed by atoms with Gasteiger partial charge in [0.15, 0.2) is 0 Å². The molecule has 10 heteroatoms. The van der Waals surface area contributed by atoms with E-state index in [1.807, 2.05) is 26.8 Å². The Kier molecular flexibility index (Phi) is 7.31. The number of pyridine rings is 1. The van der Waals surface area contributed by atoms with Crippen LogP contribution in [0.25, 0.3) is 11.1 Å². The summed E-state index contributed by atoms with van der Waals surface area (Å²) in [6, 6.07) is 7.14. The summed E-state index contributed by atoms with van der Waals surface area (Å²) in [5.41, 5.74) is 1.33. The summed E-state index contributed by atoms with van der Waals surface area (Å²) in [4.78, 5) is 15.3. The number of H-pyrrole nitrogens is 1. The van der Waals surface area contributed by atoms with Crippen molar-refractivity contribution in [2.45, 2.75) is 65.5 Å². The molecule has 1 aliphatic heterocycles. The van der Waals surface area contributed by atoms with Crippen LogP contribution in [0.1, 0.15) is 52.7 Å². The van der Waals surface area contributed by atoms with Crippen molar-refractivity contribution in [2.24, 2.45) is 0 Å². The molecule has 1 saturated heterocycles. The van der Waals surface area contributed by atoms with Crippen molar-refractivity contribution < 1.29 is 23.0 Å². The zero-order chi connectivity index (χ0) is 25.5. The molecule has 0 bridgehead atoms. The number of hydrogen-bond donors (Lipinski definition) is 2. The lowest BCUT2D eigenvalue weighted by atomic mass is 9.83. The van der Waals surface area contributed by atoms with Crippen LogP contribution in [0.15, 0.2) is 35.3 Å². The van der Waals surface area contributed by atoms with Crippen LogP contribution >= 0.6 is 0 Å².